The Kier molecular flexibility index (Phi) is 5.02. The van der Waals surface area contributed by atoms with E-state index in [1.807, 2.05) is 0 Å². The molecule has 1 aliphatic rings. The van der Waals surface area contributed by atoms with E-state index in [0.29, 0.717) is 0 Å². The first-order valence-electron chi connectivity index (χ1n) is 7.03. The lowest BCUT2D eigenvalue weighted by Crippen LogP contribution is -2.36. The molecule has 0 atom stereocenters. The molecule has 1 saturated heterocycles. The molecule has 2 N–H and O–H groups in total. The highest BCUT2D eigenvalue weighted by Gasteiger charge is 2.18. The lowest BCUT2D eigenvalue weighted by Gasteiger charge is -2.33. The van der Waals surface area contributed by atoms with E-state index < -0.39 is 0 Å². The maximum atomic E-state index is 9.58. The second-order valence-electron chi connectivity index (χ2n) is 5.02. The first-order chi connectivity index (χ1) is 8.81. The molecule has 3 heteroatoms. The summed E-state index contributed by atoms with van der Waals surface area (Å²) in [5, 5.41) is 13.0. The molecule has 2 rings (SSSR count). The van der Waals surface area contributed by atoms with Gasteiger partial charge < -0.3 is 15.3 Å². The van der Waals surface area contributed by atoms with Gasteiger partial charge in [-0.2, -0.15) is 0 Å². The van der Waals surface area contributed by atoms with Gasteiger partial charge in [-0.25, -0.2) is 0 Å². The molecule has 1 aromatic rings. The van der Waals surface area contributed by atoms with E-state index in [2.05, 4.69) is 41.4 Å². The van der Waals surface area contributed by atoms with Crippen molar-refractivity contribution in [2.75, 3.05) is 24.5 Å². The zero-order valence-electron chi connectivity index (χ0n) is 11.2. The molecule has 18 heavy (non-hydrogen) atoms. The Morgan fingerprint density at radius 1 is 1.28 bits per heavy atom. The number of nitrogens with one attached hydrogen (secondary N) is 1. The molecular weight excluding hydrogens is 224 g/mol. The molecule has 1 heterocycles. The number of aliphatic hydroxyl groups excluding tert-OH is 1. The summed E-state index contributed by atoms with van der Waals surface area (Å²) in [6.07, 6.45) is 2.83. The molecule has 1 aromatic carbocycles. The van der Waals surface area contributed by atoms with Crippen molar-refractivity contribution in [2.45, 2.75) is 38.8 Å². The van der Waals surface area contributed by atoms with Gasteiger partial charge in [-0.1, -0.05) is 25.1 Å². The van der Waals surface area contributed by atoms with Crippen molar-refractivity contribution in [1.82, 2.24) is 5.32 Å². The van der Waals surface area contributed by atoms with Gasteiger partial charge in [0, 0.05) is 25.3 Å². The fourth-order valence-electron chi connectivity index (χ4n) is 2.48. The summed E-state index contributed by atoms with van der Waals surface area (Å²) < 4.78 is 0. The van der Waals surface area contributed by atoms with E-state index in [9.17, 15) is 5.11 Å². The Bertz CT molecular complexity index is 359. The van der Waals surface area contributed by atoms with Gasteiger partial charge in [-0.15, -0.1) is 0 Å². The number of aliphatic hydroxyl groups is 1. The molecule has 0 unspecified atom stereocenters. The summed E-state index contributed by atoms with van der Waals surface area (Å²) in [7, 11) is 0. The minimum Gasteiger partial charge on any atom is -0.393 e. The van der Waals surface area contributed by atoms with Crippen molar-refractivity contribution in [1.29, 1.82) is 0 Å². The van der Waals surface area contributed by atoms with Gasteiger partial charge in [0.2, 0.25) is 0 Å². The Hall–Kier alpha value is -1.06. The Labute approximate surface area is 110 Å². The van der Waals surface area contributed by atoms with Crippen LogP contribution in [0.2, 0.25) is 0 Å². The van der Waals surface area contributed by atoms with Crippen LogP contribution < -0.4 is 10.2 Å². The van der Waals surface area contributed by atoms with Crippen LogP contribution in [0.15, 0.2) is 24.3 Å². The zero-order chi connectivity index (χ0) is 12.8. The first-order valence-corrected chi connectivity index (χ1v) is 7.03. The molecule has 0 saturated carbocycles. The molecule has 1 aliphatic heterocycles. The Morgan fingerprint density at radius 2 is 2.00 bits per heavy atom. The normalized spacial score (nSPS) is 17.1. The van der Waals surface area contributed by atoms with Gasteiger partial charge >= 0.3 is 0 Å². The van der Waals surface area contributed by atoms with E-state index in [1.165, 1.54) is 11.3 Å². The van der Waals surface area contributed by atoms with Crippen LogP contribution in [0.5, 0.6) is 0 Å². The topological polar surface area (TPSA) is 35.5 Å². The number of anilines is 1. The number of hydrogen-bond acceptors (Lipinski definition) is 3. The molecule has 0 aromatic heterocycles. The van der Waals surface area contributed by atoms with Crippen molar-refractivity contribution in [3.05, 3.63) is 29.8 Å². The lowest BCUT2D eigenvalue weighted by molar-refractivity contribution is 0.145. The third kappa shape index (κ3) is 3.47. The first kappa shape index (κ1) is 13.4. The summed E-state index contributed by atoms with van der Waals surface area (Å²) in [6, 6.07) is 8.60. The average molecular weight is 248 g/mol. The molecule has 1 fully saturated rings. The van der Waals surface area contributed by atoms with Gasteiger partial charge in [-0.05, 0) is 37.4 Å². The molecule has 3 nitrogen and oxygen atoms in total. The maximum Gasteiger partial charge on any atom is 0.0574 e. The molecule has 0 amide bonds. The Balaban J connectivity index is 2.02. The van der Waals surface area contributed by atoms with Gasteiger partial charge in [0.05, 0.1) is 6.10 Å². The number of rotatable bonds is 5. The Morgan fingerprint density at radius 3 is 2.72 bits per heavy atom. The van der Waals surface area contributed by atoms with E-state index >= 15 is 0 Å². The van der Waals surface area contributed by atoms with E-state index in [0.717, 1.165) is 45.4 Å². The fourth-order valence-corrected chi connectivity index (χ4v) is 2.48. The van der Waals surface area contributed by atoms with Crippen LogP contribution in [0.3, 0.4) is 0 Å². The second-order valence-corrected chi connectivity index (χ2v) is 5.02. The largest absolute Gasteiger partial charge is 0.393 e. The molecule has 0 radical (unpaired) electrons. The van der Waals surface area contributed by atoms with Crippen molar-refractivity contribution < 1.29 is 5.11 Å². The summed E-state index contributed by atoms with van der Waals surface area (Å²) in [6.45, 7) is 6.11. The highest BCUT2D eigenvalue weighted by Crippen LogP contribution is 2.24. The fraction of sp³-hybridized carbons (Fsp3) is 0.600. The highest BCUT2D eigenvalue weighted by atomic mass is 16.3. The highest BCUT2D eigenvalue weighted by molar-refractivity contribution is 5.53. The summed E-state index contributed by atoms with van der Waals surface area (Å²) in [4.78, 5) is 2.40. The second kappa shape index (κ2) is 6.76. The van der Waals surface area contributed by atoms with E-state index in [-0.39, 0.29) is 6.10 Å². The third-order valence-corrected chi connectivity index (χ3v) is 3.54. The lowest BCUT2D eigenvalue weighted by atomic mass is 10.1. The number of para-hydroxylation sites is 1. The number of benzene rings is 1. The maximum absolute atomic E-state index is 9.58. The predicted octanol–water partition coefficient (Wildman–Crippen LogP) is 2.15. The number of hydrogen-bond donors (Lipinski definition) is 2. The van der Waals surface area contributed by atoms with Gasteiger partial charge in [0.25, 0.3) is 0 Å². The number of piperidine rings is 1. The van der Waals surface area contributed by atoms with Crippen LogP contribution in [0.1, 0.15) is 31.7 Å². The monoisotopic (exact) mass is 248 g/mol. The van der Waals surface area contributed by atoms with Crippen LogP contribution in [-0.2, 0) is 6.54 Å². The smallest absolute Gasteiger partial charge is 0.0574 e. The molecular formula is C15H24N2O. The molecule has 0 aliphatic carbocycles. The quantitative estimate of drug-likeness (QED) is 0.784. The van der Waals surface area contributed by atoms with Gasteiger partial charge in [0.15, 0.2) is 0 Å². The summed E-state index contributed by atoms with van der Waals surface area (Å²) in [5.74, 6) is 0. The minimum atomic E-state index is -0.105. The molecule has 100 valence electrons. The van der Waals surface area contributed by atoms with E-state index in [1.54, 1.807) is 0 Å². The van der Waals surface area contributed by atoms with Crippen LogP contribution >= 0.6 is 0 Å². The van der Waals surface area contributed by atoms with Crippen LogP contribution in [0.25, 0.3) is 0 Å². The van der Waals surface area contributed by atoms with Crippen molar-refractivity contribution in [3.8, 4) is 0 Å². The summed E-state index contributed by atoms with van der Waals surface area (Å²) >= 11 is 0. The number of nitrogens with zero attached hydrogens (tertiary/aromatic N) is 1. The SMILES string of the molecule is CCCNCc1ccccc1N1CCC(O)CC1. The van der Waals surface area contributed by atoms with Crippen molar-refractivity contribution >= 4 is 5.69 Å². The molecule has 0 spiro atoms. The van der Waals surface area contributed by atoms with Crippen LogP contribution in [-0.4, -0.2) is 30.8 Å². The van der Waals surface area contributed by atoms with Crippen molar-refractivity contribution in [2.24, 2.45) is 0 Å². The van der Waals surface area contributed by atoms with Crippen LogP contribution in [0, 0.1) is 0 Å². The van der Waals surface area contributed by atoms with Crippen molar-refractivity contribution in [3.63, 3.8) is 0 Å². The van der Waals surface area contributed by atoms with Gasteiger partial charge in [0.1, 0.15) is 0 Å². The summed E-state index contributed by atoms with van der Waals surface area (Å²) in [5.41, 5.74) is 2.69. The van der Waals surface area contributed by atoms with E-state index in [4.69, 9.17) is 0 Å². The van der Waals surface area contributed by atoms with Gasteiger partial charge in [-0.3, -0.25) is 0 Å². The van der Waals surface area contributed by atoms with Crippen LogP contribution in [0.4, 0.5) is 5.69 Å². The predicted molar refractivity (Wildman–Crippen MR) is 75.9 cm³/mol. The molecule has 0 bridgehead atoms. The minimum absolute atomic E-state index is 0.105. The zero-order valence-corrected chi connectivity index (χ0v) is 11.2. The average Bonchev–Trinajstić information content (AvgIpc) is 2.41. The standard InChI is InChI=1S/C15H24N2O/c1-2-9-16-12-13-5-3-4-6-15(13)17-10-7-14(18)8-11-17/h3-6,14,16,18H,2,7-12H2,1H3. The third-order valence-electron chi connectivity index (χ3n) is 3.54.